The Morgan fingerprint density at radius 2 is 2.20 bits per heavy atom. The first-order valence-corrected chi connectivity index (χ1v) is 5.40. The van der Waals surface area contributed by atoms with Gasteiger partial charge in [0, 0.05) is 10.4 Å². The van der Waals surface area contributed by atoms with E-state index in [9.17, 15) is 4.79 Å². The molecule has 80 valence electrons. The highest BCUT2D eigenvalue weighted by atomic mass is 35.5. The first kappa shape index (κ1) is 10.5. The van der Waals surface area contributed by atoms with Gasteiger partial charge in [0.1, 0.15) is 0 Å². The van der Waals surface area contributed by atoms with Crippen molar-refractivity contribution in [2.45, 2.75) is 31.6 Å². The van der Waals surface area contributed by atoms with E-state index in [1.807, 2.05) is 25.1 Å². The molecule has 3 heteroatoms. The lowest BCUT2D eigenvalue weighted by atomic mass is 9.91. The van der Waals surface area contributed by atoms with Gasteiger partial charge < -0.3 is 5.11 Å². The second-order valence-corrected chi connectivity index (χ2v) is 4.67. The predicted octanol–water partition coefficient (Wildman–Crippen LogP) is 3.15. The zero-order valence-electron chi connectivity index (χ0n) is 8.59. The van der Waals surface area contributed by atoms with Crippen LogP contribution in [-0.4, -0.2) is 11.1 Å². The van der Waals surface area contributed by atoms with Crippen LogP contribution in [0.4, 0.5) is 0 Å². The monoisotopic (exact) mass is 224 g/mol. The average Bonchev–Trinajstić information content (AvgIpc) is 2.89. The summed E-state index contributed by atoms with van der Waals surface area (Å²) < 4.78 is 0. The lowest BCUT2D eigenvalue weighted by molar-refractivity contribution is -0.137. The molecule has 1 aromatic rings. The summed E-state index contributed by atoms with van der Waals surface area (Å²) in [4.78, 5) is 10.8. The SMILES string of the molecule is Cc1cccc(C2(CC(=O)O)CC2)c1Cl. The number of halogens is 1. The van der Waals surface area contributed by atoms with Gasteiger partial charge in [0.2, 0.25) is 0 Å². The Hall–Kier alpha value is -1.02. The molecule has 0 aliphatic heterocycles. The molecular weight excluding hydrogens is 212 g/mol. The summed E-state index contributed by atoms with van der Waals surface area (Å²) in [7, 11) is 0. The van der Waals surface area contributed by atoms with Gasteiger partial charge in [-0.05, 0) is 30.9 Å². The van der Waals surface area contributed by atoms with Crippen molar-refractivity contribution in [2.75, 3.05) is 0 Å². The second-order valence-electron chi connectivity index (χ2n) is 4.29. The summed E-state index contributed by atoms with van der Waals surface area (Å²) in [5.41, 5.74) is 1.84. The molecule has 2 nitrogen and oxygen atoms in total. The standard InChI is InChI=1S/C12H13ClO2/c1-8-3-2-4-9(11(8)13)12(5-6-12)7-10(14)15/h2-4H,5-7H2,1H3,(H,14,15). The molecule has 0 aromatic heterocycles. The number of aliphatic carboxylic acids is 1. The number of carbonyl (C=O) groups is 1. The van der Waals surface area contributed by atoms with Crippen LogP contribution in [0.1, 0.15) is 30.4 Å². The normalized spacial score (nSPS) is 17.5. The van der Waals surface area contributed by atoms with Crippen LogP contribution in [-0.2, 0) is 10.2 Å². The summed E-state index contributed by atoms with van der Waals surface area (Å²) in [6, 6.07) is 5.84. The van der Waals surface area contributed by atoms with Gasteiger partial charge in [-0.1, -0.05) is 29.8 Å². The summed E-state index contributed by atoms with van der Waals surface area (Å²) in [6.45, 7) is 1.95. The number of rotatable bonds is 3. The van der Waals surface area contributed by atoms with Crippen molar-refractivity contribution in [1.29, 1.82) is 0 Å². The molecule has 0 heterocycles. The molecule has 15 heavy (non-hydrogen) atoms. The maximum absolute atomic E-state index is 10.8. The third-order valence-electron chi connectivity index (χ3n) is 3.11. The summed E-state index contributed by atoms with van der Waals surface area (Å²) >= 11 is 6.21. The highest BCUT2D eigenvalue weighted by molar-refractivity contribution is 6.32. The first-order chi connectivity index (χ1) is 7.05. The van der Waals surface area contributed by atoms with Gasteiger partial charge in [-0.15, -0.1) is 0 Å². The van der Waals surface area contributed by atoms with Crippen molar-refractivity contribution < 1.29 is 9.90 Å². The Balaban J connectivity index is 2.37. The van der Waals surface area contributed by atoms with E-state index in [0.29, 0.717) is 0 Å². The molecule has 0 radical (unpaired) electrons. The van der Waals surface area contributed by atoms with Crippen molar-refractivity contribution in [2.24, 2.45) is 0 Å². The van der Waals surface area contributed by atoms with Gasteiger partial charge in [0.05, 0.1) is 6.42 Å². The van der Waals surface area contributed by atoms with Crippen molar-refractivity contribution in [3.63, 3.8) is 0 Å². The molecule has 1 aromatic carbocycles. The van der Waals surface area contributed by atoms with Crippen LogP contribution in [0.15, 0.2) is 18.2 Å². The number of benzene rings is 1. The van der Waals surface area contributed by atoms with Crippen molar-refractivity contribution in [1.82, 2.24) is 0 Å². The van der Waals surface area contributed by atoms with Gasteiger partial charge in [0.25, 0.3) is 0 Å². The zero-order valence-corrected chi connectivity index (χ0v) is 9.34. The molecule has 0 atom stereocenters. The number of hydrogen-bond donors (Lipinski definition) is 1. The Bertz CT molecular complexity index is 408. The van der Waals surface area contributed by atoms with E-state index in [-0.39, 0.29) is 11.8 Å². The number of aryl methyl sites for hydroxylation is 1. The van der Waals surface area contributed by atoms with Crippen LogP contribution in [0.25, 0.3) is 0 Å². The Labute approximate surface area is 93.9 Å². The lowest BCUT2D eigenvalue weighted by Gasteiger charge is -2.15. The lowest BCUT2D eigenvalue weighted by Crippen LogP contribution is -2.13. The smallest absolute Gasteiger partial charge is 0.304 e. The molecule has 0 amide bonds. The predicted molar refractivity (Wildman–Crippen MR) is 59.4 cm³/mol. The number of carboxylic acid groups (broad SMARTS) is 1. The van der Waals surface area contributed by atoms with Gasteiger partial charge in [-0.3, -0.25) is 4.79 Å². The fourth-order valence-electron chi connectivity index (χ4n) is 2.04. The highest BCUT2D eigenvalue weighted by Gasteiger charge is 2.47. The molecule has 1 saturated carbocycles. The molecule has 0 spiro atoms. The maximum atomic E-state index is 10.8. The minimum Gasteiger partial charge on any atom is -0.481 e. The van der Waals surface area contributed by atoms with Gasteiger partial charge in [-0.2, -0.15) is 0 Å². The number of carboxylic acids is 1. The molecule has 2 rings (SSSR count). The first-order valence-electron chi connectivity index (χ1n) is 5.02. The van der Waals surface area contributed by atoms with Gasteiger partial charge in [0.15, 0.2) is 0 Å². The Morgan fingerprint density at radius 1 is 1.53 bits per heavy atom. The van der Waals surface area contributed by atoms with Crippen LogP contribution in [0.2, 0.25) is 5.02 Å². The van der Waals surface area contributed by atoms with Gasteiger partial charge in [-0.25, -0.2) is 0 Å². The Kier molecular flexibility index (Phi) is 2.47. The molecule has 0 unspecified atom stereocenters. The second kappa shape index (κ2) is 3.53. The third-order valence-corrected chi connectivity index (χ3v) is 3.61. The van der Waals surface area contributed by atoms with Crippen LogP contribution >= 0.6 is 11.6 Å². The van der Waals surface area contributed by atoms with E-state index >= 15 is 0 Å². The van der Waals surface area contributed by atoms with Gasteiger partial charge >= 0.3 is 5.97 Å². The van der Waals surface area contributed by atoms with E-state index in [1.54, 1.807) is 0 Å². The number of hydrogen-bond acceptors (Lipinski definition) is 1. The van der Waals surface area contributed by atoms with Crippen molar-refractivity contribution >= 4 is 17.6 Å². The van der Waals surface area contributed by atoms with E-state index < -0.39 is 5.97 Å². The molecule has 0 bridgehead atoms. The van der Waals surface area contributed by atoms with E-state index in [4.69, 9.17) is 16.7 Å². The molecular formula is C12H13ClO2. The van der Waals surface area contributed by atoms with Crippen LogP contribution in [0, 0.1) is 6.92 Å². The van der Waals surface area contributed by atoms with E-state index in [1.165, 1.54) is 0 Å². The molecule has 1 N–H and O–H groups in total. The van der Waals surface area contributed by atoms with Crippen molar-refractivity contribution in [3.8, 4) is 0 Å². The molecule has 0 saturated heterocycles. The highest BCUT2D eigenvalue weighted by Crippen LogP contribution is 2.53. The minimum atomic E-state index is -0.745. The molecule has 1 aliphatic rings. The average molecular weight is 225 g/mol. The zero-order chi connectivity index (χ0) is 11.1. The quantitative estimate of drug-likeness (QED) is 0.857. The minimum absolute atomic E-state index is 0.186. The largest absolute Gasteiger partial charge is 0.481 e. The Morgan fingerprint density at radius 3 is 2.73 bits per heavy atom. The van der Waals surface area contributed by atoms with E-state index in [2.05, 4.69) is 0 Å². The van der Waals surface area contributed by atoms with Crippen LogP contribution in [0.5, 0.6) is 0 Å². The van der Waals surface area contributed by atoms with Crippen LogP contribution in [0.3, 0.4) is 0 Å². The van der Waals surface area contributed by atoms with Crippen LogP contribution < -0.4 is 0 Å². The summed E-state index contributed by atoms with van der Waals surface area (Å²) in [6.07, 6.45) is 2.06. The van der Waals surface area contributed by atoms with Crippen molar-refractivity contribution in [3.05, 3.63) is 34.3 Å². The fourth-order valence-corrected chi connectivity index (χ4v) is 2.37. The topological polar surface area (TPSA) is 37.3 Å². The fraction of sp³-hybridized carbons (Fsp3) is 0.417. The summed E-state index contributed by atoms with van der Waals surface area (Å²) in [5.74, 6) is -0.745. The maximum Gasteiger partial charge on any atom is 0.304 e. The summed E-state index contributed by atoms with van der Waals surface area (Å²) in [5, 5.41) is 9.60. The van der Waals surface area contributed by atoms with E-state index in [0.717, 1.165) is 29.0 Å². The molecule has 1 fully saturated rings. The molecule has 1 aliphatic carbocycles. The third kappa shape index (κ3) is 1.86.